The summed E-state index contributed by atoms with van der Waals surface area (Å²) in [7, 11) is 0. The summed E-state index contributed by atoms with van der Waals surface area (Å²) in [4.78, 5) is 17.0. The fraction of sp³-hybridized carbons (Fsp3) is 0.571. The minimum atomic E-state index is 0.110. The molecule has 2 rings (SSSR count). The number of rotatable bonds is 5. The van der Waals surface area contributed by atoms with Gasteiger partial charge in [-0.1, -0.05) is 11.6 Å². The zero-order valence-corrected chi connectivity index (χ0v) is 11.7. The van der Waals surface area contributed by atoms with E-state index in [2.05, 4.69) is 16.4 Å². The van der Waals surface area contributed by atoms with Gasteiger partial charge in [-0.15, -0.1) is 11.3 Å². The van der Waals surface area contributed by atoms with E-state index in [4.69, 9.17) is 0 Å². The Morgan fingerprint density at radius 3 is 3.06 bits per heavy atom. The van der Waals surface area contributed by atoms with Crippen LogP contribution in [0.5, 0.6) is 0 Å². The van der Waals surface area contributed by atoms with Crippen LogP contribution in [-0.2, 0) is 11.2 Å². The van der Waals surface area contributed by atoms with Gasteiger partial charge in [0.15, 0.2) is 0 Å². The molecule has 1 aromatic rings. The highest BCUT2D eigenvalue weighted by Crippen LogP contribution is 2.19. The van der Waals surface area contributed by atoms with Gasteiger partial charge in [0, 0.05) is 11.4 Å². The number of thiazole rings is 1. The molecule has 98 valence electrons. The van der Waals surface area contributed by atoms with Crippen LogP contribution >= 0.6 is 11.3 Å². The number of allylic oxidation sites excluding steroid dienone is 1. The van der Waals surface area contributed by atoms with Gasteiger partial charge < -0.3 is 5.32 Å². The molecule has 4 heteroatoms. The van der Waals surface area contributed by atoms with E-state index >= 15 is 0 Å². The Hall–Kier alpha value is -1.16. The first-order valence-electron chi connectivity index (χ1n) is 6.59. The number of carbonyl (C=O) groups excluding carboxylic acids is 1. The molecule has 1 heterocycles. The molecule has 1 aliphatic carbocycles. The summed E-state index contributed by atoms with van der Waals surface area (Å²) >= 11 is 1.56. The lowest BCUT2D eigenvalue weighted by Crippen LogP contribution is -2.26. The van der Waals surface area contributed by atoms with Gasteiger partial charge in [-0.25, -0.2) is 4.98 Å². The molecule has 0 radical (unpaired) electrons. The number of carbonyl (C=O) groups is 1. The summed E-state index contributed by atoms with van der Waals surface area (Å²) in [5.74, 6) is 0.110. The molecule has 1 aliphatic rings. The molecule has 0 aromatic carbocycles. The van der Waals surface area contributed by atoms with Crippen molar-refractivity contribution < 1.29 is 4.79 Å². The Labute approximate surface area is 112 Å². The molecular weight excluding hydrogens is 244 g/mol. The van der Waals surface area contributed by atoms with Crippen molar-refractivity contribution in [3.05, 3.63) is 27.7 Å². The second-order valence-corrected chi connectivity index (χ2v) is 5.69. The third-order valence-electron chi connectivity index (χ3n) is 3.32. The smallest absolute Gasteiger partial charge is 0.225 e. The normalized spacial score (nSPS) is 15.3. The van der Waals surface area contributed by atoms with E-state index in [0.29, 0.717) is 6.42 Å². The molecule has 1 N–H and O–H groups in total. The molecular formula is C14H20N2OS. The lowest BCUT2D eigenvalue weighted by Gasteiger charge is -2.12. The van der Waals surface area contributed by atoms with Gasteiger partial charge in [0.25, 0.3) is 0 Å². The van der Waals surface area contributed by atoms with Gasteiger partial charge in [0.05, 0.1) is 17.6 Å². The van der Waals surface area contributed by atoms with Gasteiger partial charge in [-0.2, -0.15) is 0 Å². The molecule has 0 saturated carbocycles. The summed E-state index contributed by atoms with van der Waals surface area (Å²) < 4.78 is 0. The highest BCUT2D eigenvalue weighted by Gasteiger charge is 2.08. The Bertz CT molecular complexity index is 437. The van der Waals surface area contributed by atoms with Gasteiger partial charge in [0.1, 0.15) is 0 Å². The summed E-state index contributed by atoms with van der Waals surface area (Å²) in [6.45, 7) is 2.72. The number of nitrogens with one attached hydrogen (secondary N) is 1. The van der Waals surface area contributed by atoms with Crippen LogP contribution in [0.1, 0.15) is 42.7 Å². The van der Waals surface area contributed by atoms with E-state index in [1.807, 2.05) is 6.92 Å². The molecule has 0 saturated heterocycles. The van der Waals surface area contributed by atoms with Crippen molar-refractivity contribution >= 4 is 17.2 Å². The molecule has 0 aliphatic heterocycles. The summed E-state index contributed by atoms with van der Waals surface area (Å²) in [5, 5.41) is 2.99. The van der Waals surface area contributed by atoms with Crippen molar-refractivity contribution in [1.82, 2.24) is 10.3 Å². The molecule has 1 aromatic heterocycles. The Balaban J connectivity index is 1.69. The van der Waals surface area contributed by atoms with Crippen molar-refractivity contribution in [2.75, 3.05) is 6.54 Å². The zero-order valence-electron chi connectivity index (χ0n) is 10.9. The highest BCUT2D eigenvalue weighted by molar-refractivity contribution is 7.09. The minimum absolute atomic E-state index is 0.110. The standard InChI is InChI=1S/C14H20N2OS/c1-11-13(18-10-16-11)9-14(17)15-8-7-12-5-3-2-4-6-12/h5,10H,2-4,6-9H2,1H3,(H,15,17). The third-order valence-corrected chi connectivity index (χ3v) is 4.25. The Morgan fingerprint density at radius 1 is 1.50 bits per heavy atom. The maximum Gasteiger partial charge on any atom is 0.225 e. The topological polar surface area (TPSA) is 42.0 Å². The van der Waals surface area contributed by atoms with Gasteiger partial charge in [0.2, 0.25) is 5.91 Å². The van der Waals surface area contributed by atoms with Gasteiger partial charge >= 0.3 is 0 Å². The van der Waals surface area contributed by atoms with E-state index in [9.17, 15) is 4.79 Å². The Kier molecular flexibility index (Phi) is 4.93. The first kappa shape index (κ1) is 13.3. The first-order valence-corrected chi connectivity index (χ1v) is 7.47. The molecule has 0 fully saturated rings. The third kappa shape index (κ3) is 3.95. The van der Waals surface area contributed by atoms with Crippen molar-refractivity contribution in [1.29, 1.82) is 0 Å². The summed E-state index contributed by atoms with van der Waals surface area (Å²) in [6.07, 6.45) is 8.86. The van der Waals surface area contributed by atoms with E-state index in [0.717, 1.165) is 23.5 Å². The van der Waals surface area contributed by atoms with Crippen LogP contribution in [0.2, 0.25) is 0 Å². The molecule has 3 nitrogen and oxygen atoms in total. The molecule has 0 spiro atoms. The van der Waals surface area contributed by atoms with E-state index in [1.165, 1.54) is 31.3 Å². The fourth-order valence-corrected chi connectivity index (χ4v) is 2.97. The summed E-state index contributed by atoms with van der Waals surface area (Å²) in [6, 6.07) is 0. The fourth-order valence-electron chi connectivity index (χ4n) is 2.20. The molecule has 1 amide bonds. The predicted molar refractivity (Wildman–Crippen MR) is 74.7 cm³/mol. The molecule has 0 bridgehead atoms. The van der Waals surface area contributed by atoms with E-state index in [-0.39, 0.29) is 5.91 Å². The van der Waals surface area contributed by atoms with Crippen molar-refractivity contribution in [2.45, 2.75) is 45.4 Å². The van der Waals surface area contributed by atoms with Crippen LogP contribution in [0, 0.1) is 6.92 Å². The lowest BCUT2D eigenvalue weighted by molar-refractivity contribution is -0.120. The number of aromatic nitrogens is 1. The maximum atomic E-state index is 11.8. The number of amides is 1. The Morgan fingerprint density at radius 2 is 2.39 bits per heavy atom. The molecule has 0 atom stereocenters. The second kappa shape index (κ2) is 6.69. The van der Waals surface area contributed by atoms with E-state index in [1.54, 1.807) is 16.8 Å². The predicted octanol–water partition coefficient (Wildman–Crippen LogP) is 3.00. The van der Waals surface area contributed by atoms with Crippen LogP contribution in [0.3, 0.4) is 0 Å². The van der Waals surface area contributed by atoms with Gasteiger partial charge in [-0.05, 0) is 39.0 Å². The quantitative estimate of drug-likeness (QED) is 0.831. The minimum Gasteiger partial charge on any atom is -0.355 e. The number of aryl methyl sites for hydroxylation is 1. The van der Waals surface area contributed by atoms with Crippen LogP contribution < -0.4 is 5.32 Å². The lowest BCUT2D eigenvalue weighted by atomic mass is 9.97. The maximum absolute atomic E-state index is 11.8. The number of nitrogens with zero attached hydrogens (tertiary/aromatic N) is 1. The molecule has 0 unspecified atom stereocenters. The van der Waals surface area contributed by atoms with Gasteiger partial charge in [-0.3, -0.25) is 4.79 Å². The average Bonchev–Trinajstić information content (AvgIpc) is 2.76. The van der Waals surface area contributed by atoms with E-state index < -0.39 is 0 Å². The van der Waals surface area contributed by atoms with Crippen molar-refractivity contribution in [2.24, 2.45) is 0 Å². The highest BCUT2D eigenvalue weighted by atomic mass is 32.1. The van der Waals surface area contributed by atoms with Crippen LogP contribution in [0.15, 0.2) is 17.2 Å². The summed E-state index contributed by atoms with van der Waals surface area (Å²) in [5.41, 5.74) is 4.28. The van der Waals surface area contributed by atoms with Crippen molar-refractivity contribution in [3.63, 3.8) is 0 Å². The zero-order chi connectivity index (χ0) is 12.8. The van der Waals surface area contributed by atoms with Crippen LogP contribution in [-0.4, -0.2) is 17.4 Å². The van der Waals surface area contributed by atoms with Crippen molar-refractivity contribution in [3.8, 4) is 0 Å². The monoisotopic (exact) mass is 264 g/mol. The molecule has 18 heavy (non-hydrogen) atoms. The SMILES string of the molecule is Cc1ncsc1CC(=O)NCCC1=CCCCC1. The van der Waals surface area contributed by atoms with Crippen LogP contribution in [0.25, 0.3) is 0 Å². The first-order chi connectivity index (χ1) is 8.75. The number of hydrogen-bond acceptors (Lipinski definition) is 3. The largest absolute Gasteiger partial charge is 0.355 e. The van der Waals surface area contributed by atoms with Crippen LogP contribution in [0.4, 0.5) is 0 Å². The second-order valence-electron chi connectivity index (χ2n) is 4.75. The average molecular weight is 264 g/mol. The number of hydrogen-bond donors (Lipinski definition) is 1.